The Morgan fingerprint density at radius 3 is 2.23 bits per heavy atom. The number of hydrogen-bond donors (Lipinski definition) is 2. The van der Waals surface area contributed by atoms with Gasteiger partial charge in [0.25, 0.3) is 6.43 Å². The monoisotopic (exact) mass is 612 g/mol. The zero-order valence-corrected chi connectivity index (χ0v) is 26.3. The molecule has 3 rings (SSSR count). The molecule has 0 radical (unpaired) electrons. The number of ether oxygens (including phenoxy) is 5. The third-order valence-corrected chi connectivity index (χ3v) is 7.44. The Hall–Kier alpha value is -2.44. The highest BCUT2D eigenvalue weighted by Gasteiger charge is 2.79. The molecule has 2 heterocycles. The molecule has 43 heavy (non-hydrogen) atoms. The van der Waals surface area contributed by atoms with Crippen LogP contribution in [0.2, 0.25) is 0 Å². The van der Waals surface area contributed by atoms with Crippen molar-refractivity contribution in [3.8, 4) is 0 Å². The number of carbonyl (C=O) groups is 2. The van der Waals surface area contributed by atoms with Crippen LogP contribution in [0.4, 0.5) is 8.78 Å². The van der Waals surface area contributed by atoms with Gasteiger partial charge in [-0.05, 0) is 65.5 Å². The molecule has 2 saturated heterocycles. The maximum Gasteiger partial charge on any atom is 0.347 e. The van der Waals surface area contributed by atoms with Crippen LogP contribution in [0.3, 0.4) is 0 Å². The van der Waals surface area contributed by atoms with E-state index < -0.39 is 71.5 Å². The molecular weight excluding hydrogens is 566 g/mol. The normalized spacial score (nSPS) is 30.5. The van der Waals surface area contributed by atoms with Crippen LogP contribution in [0.5, 0.6) is 0 Å². The highest BCUT2D eigenvalue weighted by molar-refractivity contribution is 5.82. The molecule has 7 atom stereocenters. The third-order valence-electron chi connectivity index (χ3n) is 7.44. The fraction of sp³-hybridized carbons (Fsp3) is 0.688. The Bertz CT molecular complexity index is 1160. The molecule has 2 bridgehead atoms. The van der Waals surface area contributed by atoms with Crippen molar-refractivity contribution in [3.63, 3.8) is 0 Å². The van der Waals surface area contributed by atoms with Crippen molar-refractivity contribution in [2.75, 3.05) is 0 Å². The molecule has 0 aromatic heterocycles. The van der Waals surface area contributed by atoms with Crippen LogP contribution in [0.25, 0.3) is 0 Å². The summed E-state index contributed by atoms with van der Waals surface area (Å²) in [5, 5.41) is 23.1. The summed E-state index contributed by atoms with van der Waals surface area (Å²) in [5.41, 5.74) is -3.94. The van der Waals surface area contributed by atoms with Crippen molar-refractivity contribution < 1.29 is 52.3 Å². The number of hydrogen-bond acceptors (Lipinski definition) is 9. The lowest BCUT2D eigenvalue weighted by atomic mass is 9.84. The van der Waals surface area contributed by atoms with Crippen LogP contribution in [0, 0.1) is 5.92 Å². The Morgan fingerprint density at radius 1 is 1.12 bits per heavy atom. The van der Waals surface area contributed by atoms with E-state index in [1.54, 1.807) is 20.8 Å². The van der Waals surface area contributed by atoms with Gasteiger partial charge in [-0.2, -0.15) is 0 Å². The van der Waals surface area contributed by atoms with Crippen LogP contribution in [-0.2, 0) is 39.7 Å². The predicted molar refractivity (Wildman–Crippen MR) is 153 cm³/mol. The Kier molecular flexibility index (Phi) is 10.2. The minimum atomic E-state index is -3.39. The van der Waals surface area contributed by atoms with Crippen LogP contribution in [-0.4, -0.2) is 75.3 Å². The van der Waals surface area contributed by atoms with Crippen molar-refractivity contribution in [3.05, 3.63) is 48.0 Å². The lowest BCUT2D eigenvalue weighted by Gasteiger charge is -2.53. The van der Waals surface area contributed by atoms with E-state index in [4.69, 9.17) is 23.7 Å². The van der Waals surface area contributed by atoms with Gasteiger partial charge in [-0.1, -0.05) is 43.8 Å². The molecular formula is C32H46F2O9. The SMILES string of the molecule is C=C(CCC12OC(C(F)F)C(O)(C(=O)OC(C)(C)C)C(OC(C)(C)C)(C[C@H]1O)O2)[C@@H](OC(C)=O)[C@H](C)Cc1ccccc1. The van der Waals surface area contributed by atoms with E-state index in [9.17, 15) is 28.6 Å². The zero-order valence-electron chi connectivity index (χ0n) is 26.3. The Labute approximate surface area is 252 Å². The summed E-state index contributed by atoms with van der Waals surface area (Å²) in [6.07, 6.45) is -8.37. The smallest absolute Gasteiger partial charge is 0.347 e. The second kappa shape index (κ2) is 12.5. The molecule has 2 fully saturated rings. The summed E-state index contributed by atoms with van der Waals surface area (Å²) in [6, 6.07) is 9.60. The van der Waals surface area contributed by atoms with E-state index >= 15 is 0 Å². The summed E-state index contributed by atoms with van der Waals surface area (Å²) in [6.45, 7) is 16.6. The fourth-order valence-electron chi connectivity index (χ4n) is 5.78. The van der Waals surface area contributed by atoms with Gasteiger partial charge >= 0.3 is 11.9 Å². The average Bonchev–Trinajstić information content (AvgIpc) is 3.09. The molecule has 11 heteroatoms. The number of esters is 2. The van der Waals surface area contributed by atoms with Gasteiger partial charge in [0.1, 0.15) is 17.8 Å². The van der Waals surface area contributed by atoms with Gasteiger partial charge < -0.3 is 33.9 Å². The lowest BCUT2D eigenvalue weighted by molar-refractivity contribution is -0.458. The highest BCUT2D eigenvalue weighted by Crippen LogP contribution is 2.57. The summed E-state index contributed by atoms with van der Waals surface area (Å²) in [7, 11) is 0. The molecule has 0 spiro atoms. The van der Waals surface area contributed by atoms with Gasteiger partial charge in [-0.25, -0.2) is 13.6 Å². The summed E-state index contributed by atoms with van der Waals surface area (Å²) in [4.78, 5) is 25.4. The van der Waals surface area contributed by atoms with E-state index in [1.165, 1.54) is 27.7 Å². The highest BCUT2D eigenvalue weighted by atomic mass is 19.3. The zero-order chi connectivity index (χ0) is 32.6. The molecule has 0 saturated carbocycles. The first-order valence-electron chi connectivity index (χ1n) is 14.5. The topological polar surface area (TPSA) is 121 Å². The van der Waals surface area contributed by atoms with Gasteiger partial charge in [0.15, 0.2) is 11.9 Å². The number of fused-ring (bicyclic) bond motifs is 2. The molecule has 9 nitrogen and oxygen atoms in total. The number of carbonyl (C=O) groups excluding carboxylic acids is 2. The fourth-order valence-corrected chi connectivity index (χ4v) is 5.78. The predicted octanol–water partition coefficient (Wildman–Crippen LogP) is 4.86. The molecule has 0 aliphatic carbocycles. The number of rotatable bonds is 11. The third kappa shape index (κ3) is 7.62. The second-order valence-electron chi connectivity index (χ2n) is 13.6. The van der Waals surface area contributed by atoms with Crippen LogP contribution in [0.1, 0.15) is 80.2 Å². The van der Waals surface area contributed by atoms with Gasteiger partial charge in [-0.3, -0.25) is 4.79 Å². The number of aliphatic hydroxyl groups excluding tert-OH is 1. The minimum Gasteiger partial charge on any atom is -0.458 e. The maximum atomic E-state index is 14.7. The first kappa shape index (κ1) is 35.0. The first-order valence-corrected chi connectivity index (χ1v) is 14.5. The quantitative estimate of drug-likeness (QED) is 0.267. The van der Waals surface area contributed by atoms with Crippen LogP contribution >= 0.6 is 0 Å². The molecule has 2 aliphatic heterocycles. The molecule has 4 unspecified atom stereocenters. The largest absolute Gasteiger partial charge is 0.458 e. The van der Waals surface area contributed by atoms with E-state index in [1.807, 2.05) is 37.3 Å². The number of halogens is 2. The van der Waals surface area contributed by atoms with E-state index in [0.29, 0.717) is 12.0 Å². The molecule has 2 N–H and O–H groups in total. The van der Waals surface area contributed by atoms with Gasteiger partial charge in [0.2, 0.25) is 11.4 Å². The van der Waals surface area contributed by atoms with Crippen LogP contribution < -0.4 is 0 Å². The van der Waals surface area contributed by atoms with Crippen molar-refractivity contribution >= 4 is 11.9 Å². The summed E-state index contributed by atoms with van der Waals surface area (Å²) >= 11 is 0. The van der Waals surface area contributed by atoms with Gasteiger partial charge in [0.05, 0.1) is 5.60 Å². The van der Waals surface area contributed by atoms with Crippen molar-refractivity contribution in [2.24, 2.45) is 5.92 Å². The average molecular weight is 613 g/mol. The van der Waals surface area contributed by atoms with E-state index in [-0.39, 0.29) is 18.8 Å². The van der Waals surface area contributed by atoms with Gasteiger partial charge in [-0.15, -0.1) is 0 Å². The molecule has 0 amide bonds. The van der Waals surface area contributed by atoms with Crippen molar-refractivity contribution in [1.82, 2.24) is 0 Å². The summed E-state index contributed by atoms with van der Waals surface area (Å²) in [5.74, 6) is -6.69. The Balaban J connectivity index is 1.96. The Morgan fingerprint density at radius 2 is 1.72 bits per heavy atom. The van der Waals surface area contributed by atoms with Crippen molar-refractivity contribution in [1.29, 1.82) is 0 Å². The lowest BCUT2D eigenvalue weighted by Crippen LogP contribution is -2.75. The molecule has 1 aromatic carbocycles. The van der Waals surface area contributed by atoms with Gasteiger partial charge in [0, 0.05) is 25.7 Å². The van der Waals surface area contributed by atoms with Crippen LogP contribution in [0.15, 0.2) is 42.5 Å². The number of alkyl halides is 2. The maximum absolute atomic E-state index is 14.7. The number of benzene rings is 1. The molecule has 2 aliphatic rings. The molecule has 242 valence electrons. The summed E-state index contributed by atoms with van der Waals surface area (Å²) < 4.78 is 58.3. The number of aliphatic hydroxyl groups is 2. The second-order valence-corrected chi connectivity index (χ2v) is 13.6. The van der Waals surface area contributed by atoms with E-state index in [2.05, 4.69) is 6.58 Å². The van der Waals surface area contributed by atoms with Crippen molar-refractivity contribution in [2.45, 2.75) is 134 Å². The standard InChI is InChI=1S/C32H46F2O9/c1-19(24(39-21(3)35)20(2)17-22-13-11-10-12-14-22)15-16-30-23(36)18-31(43-30,42-29(7,8)9)32(38,25(40-30)26(33)34)27(37)41-28(4,5)6/h10-14,20,23-26,36,38H,1,15-18H2,2-9H3/t20-,23-,24-,25?,30?,31?,32?/m1/s1. The molecule has 1 aromatic rings. The first-order chi connectivity index (χ1) is 19.6. The minimum absolute atomic E-state index is 0.0283. The van der Waals surface area contributed by atoms with E-state index in [0.717, 1.165) is 5.56 Å².